The van der Waals surface area contributed by atoms with Crippen molar-refractivity contribution in [3.63, 3.8) is 0 Å². The molecule has 2 aromatic carbocycles. The van der Waals surface area contributed by atoms with Crippen molar-refractivity contribution in [2.75, 3.05) is 0 Å². The van der Waals surface area contributed by atoms with Crippen LogP contribution in [0.15, 0.2) is 59.2 Å². The monoisotopic (exact) mass is 324 g/mol. The summed E-state index contributed by atoms with van der Waals surface area (Å²) >= 11 is 0. The maximum Gasteiger partial charge on any atom is 0.273 e. The van der Waals surface area contributed by atoms with Crippen molar-refractivity contribution in [3.8, 4) is 23.0 Å². The maximum absolute atomic E-state index is 12.3. The summed E-state index contributed by atoms with van der Waals surface area (Å²) in [4.78, 5) is 16.4. The van der Waals surface area contributed by atoms with E-state index in [2.05, 4.69) is 10.3 Å². The van der Waals surface area contributed by atoms with Gasteiger partial charge in [-0.1, -0.05) is 18.2 Å². The minimum Gasteiger partial charge on any atom is -0.508 e. The van der Waals surface area contributed by atoms with E-state index in [-0.39, 0.29) is 35.0 Å². The minimum atomic E-state index is -0.388. The summed E-state index contributed by atoms with van der Waals surface area (Å²) in [5.74, 6) is 0.0949. The molecule has 0 aliphatic carbocycles. The lowest BCUT2D eigenvalue weighted by molar-refractivity contribution is 0.0934. The third kappa shape index (κ3) is 3.38. The smallest absolute Gasteiger partial charge is 0.273 e. The fourth-order valence-corrected chi connectivity index (χ4v) is 2.30. The number of oxazole rings is 1. The number of benzene rings is 2. The number of phenols is 2. The van der Waals surface area contributed by atoms with Gasteiger partial charge in [-0.15, -0.1) is 0 Å². The van der Waals surface area contributed by atoms with Crippen molar-refractivity contribution >= 4 is 5.91 Å². The first-order chi connectivity index (χ1) is 11.5. The molecular formula is C18H16N2O4. The Kier molecular flexibility index (Phi) is 4.20. The van der Waals surface area contributed by atoms with Crippen molar-refractivity contribution in [2.45, 2.75) is 13.0 Å². The number of carbonyl (C=O) groups excluding carboxylic acids is 1. The molecule has 122 valence electrons. The number of nitrogens with zero attached hydrogens (tertiary/aromatic N) is 1. The number of hydrogen-bond acceptors (Lipinski definition) is 5. The molecule has 1 aromatic heterocycles. The number of rotatable bonds is 4. The van der Waals surface area contributed by atoms with Gasteiger partial charge in [-0.3, -0.25) is 4.79 Å². The molecule has 3 aromatic rings. The van der Waals surface area contributed by atoms with Crippen molar-refractivity contribution < 1.29 is 19.4 Å². The maximum atomic E-state index is 12.3. The van der Waals surface area contributed by atoms with Crippen LogP contribution in [0, 0.1) is 0 Å². The Balaban J connectivity index is 1.74. The zero-order valence-corrected chi connectivity index (χ0v) is 12.9. The highest BCUT2D eigenvalue weighted by Gasteiger charge is 2.16. The van der Waals surface area contributed by atoms with Crippen LogP contribution < -0.4 is 5.32 Å². The normalized spacial score (nSPS) is 11.9. The number of hydrogen-bond donors (Lipinski definition) is 3. The predicted octanol–water partition coefficient (Wildman–Crippen LogP) is 3.24. The Hall–Kier alpha value is -3.28. The summed E-state index contributed by atoms with van der Waals surface area (Å²) in [6, 6.07) is 12.8. The molecule has 1 heterocycles. The average Bonchev–Trinajstić information content (AvgIpc) is 3.05. The Morgan fingerprint density at radius 2 is 1.83 bits per heavy atom. The van der Waals surface area contributed by atoms with Gasteiger partial charge in [-0.2, -0.15) is 0 Å². The molecule has 3 rings (SSSR count). The lowest BCUT2D eigenvalue weighted by Crippen LogP contribution is -2.26. The lowest BCUT2D eigenvalue weighted by atomic mass is 10.1. The van der Waals surface area contributed by atoms with Gasteiger partial charge in [-0.05, 0) is 42.8 Å². The zero-order chi connectivity index (χ0) is 17.1. The highest BCUT2D eigenvalue weighted by Crippen LogP contribution is 2.23. The van der Waals surface area contributed by atoms with Gasteiger partial charge in [0.05, 0.1) is 6.04 Å². The SMILES string of the molecule is C[C@@H](NC(=O)c1coc(-c2cccc(O)c2)n1)c1cccc(O)c1. The fourth-order valence-electron chi connectivity index (χ4n) is 2.30. The average molecular weight is 324 g/mol. The number of aromatic hydroxyl groups is 2. The first-order valence-corrected chi connectivity index (χ1v) is 7.37. The van der Waals surface area contributed by atoms with Gasteiger partial charge < -0.3 is 19.9 Å². The number of phenolic OH excluding ortho intramolecular Hbond substituents is 2. The summed E-state index contributed by atoms with van der Waals surface area (Å²) in [6.07, 6.45) is 1.27. The molecule has 6 nitrogen and oxygen atoms in total. The molecule has 0 saturated heterocycles. The van der Waals surface area contributed by atoms with Gasteiger partial charge >= 0.3 is 0 Å². The molecule has 1 atom stereocenters. The molecule has 0 spiro atoms. The quantitative estimate of drug-likeness (QED) is 0.684. The molecule has 0 fully saturated rings. The van der Waals surface area contributed by atoms with Crippen molar-refractivity contribution in [3.05, 3.63) is 66.1 Å². The topological polar surface area (TPSA) is 95.6 Å². The van der Waals surface area contributed by atoms with E-state index in [1.807, 2.05) is 13.0 Å². The Morgan fingerprint density at radius 3 is 2.54 bits per heavy atom. The van der Waals surface area contributed by atoms with Crippen LogP contribution in [0.4, 0.5) is 0 Å². The highest BCUT2D eigenvalue weighted by atomic mass is 16.3. The number of nitrogens with one attached hydrogen (secondary N) is 1. The minimum absolute atomic E-state index is 0.0919. The van der Waals surface area contributed by atoms with Crippen LogP contribution in [0.5, 0.6) is 11.5 Å². The second-order valence-electron chi connectivity index (χ2n) is 5.38. The molecule has 0 aliphatic rings. The summed E-state index contributed by atoms with van der Waals surface area (Å²) in [7, 11) is 0. The standard InChI is InChI=1S/C18H16N2O4/c1-11(12-4-2-6-14(21)8-12)19-17(23)16-10-24-18(20-16)13-5-3-7-15(22)9-13/h2-11,21-22H,1H3,(H,19,23)/t11-/m1/s1. The highest BCUT2D eigenvalue weighted by molar-refractivity contribution is 5.92. The van der Waals surface area contributed by atoms with E-state index in [0.29, 0.717) is 5.56 Å². The van der Waals surface area contributed by atoms with Crippen molar-refractivity contribution in [1.82, 2.24) is 10.3 Å². The van der Waals surface area contributed by atoms with Crippen LogP contribution in [0.1, 0.15) is 29.0 Å². The van der Waals surface area contributed by atoms with E-state index in [1.54, 1.807) is 30.3 Å². The third-order valence-electron chi connectivity index (χ3n) is 3.55. The first kappa shape index (κ1) is 15.6. The summed E-state index contributed by atoms with van der Waals surface area (Å²) < 4.78 is 5.31. The fraction of sp³-hybridized carbons (Fsp3) is 0.111. The third-order valence-corrected chi connectivity index (χ3v) is 3.55. The molecule has 0 saturated carbocycles. The Bertz CT molecular complexity index is 873. The van der Waals surface area contributed by atoms with E-state index < -0.39 is 0 Å². The first-order valence-electron chi connectivity index (χ1n) is 7.37. The summed E-state index contributed by atoms with van der Waals surface area (Å²) in [5.41, 5.74) is 1.50. The zero-order valence-electron chi connectivity index (χ0n) is 12.9. The van der Waals surface area contributed by atoms with E-state index in [4.69, 9.17) is 4.42 Å². The molecule has 1 amide bonds. The van der Waals surface area contributed by atoms with Gasteiger partial charge in [0.2, 0.25) is 5.89 Å². The second kappa shape index (κ2) is 6.45. The largest absolute Gasteiger partial charge is 0.508 e. The molecule has 6 heteroatoms. The molecular weight excluding hydrogens is 308 g/mol. The van der Waals surface area contributed by atoms with Crippen LogP contribution in [0.25, 0.3) is 11.5 Å². The van der Waals surface area contributed by atoms with Crippen LogP contribution in [0.3, 0.4) is 0 Å². The van der Waals surface area contributed by atoms with Gasteiger partial charge in [0.15, 0.2) is 5.69 Å². The van der Waals surface area contributed by atoms with Gasteiger partial charge in [0, 0.05) is 5.56 Å². The Morgan fingerprint density at radius 1 is 1.12 bits per heavy atom. The van der Waals surface area contributed by atoms with Crippen LogP contribution >= 0.6 is 0 Å². The summed E-state index contributed by atoms with van der Waals surface area (Å²) in [6.45, 7) is 1.81. The van der Waals surface area contributed by atoms with Crippen molar-refractivity contribution in [1.29, 1.82) is 0 Å². The van der Waals surface area contributed by atoms with Crippen LogP contribution in [0.2, 0.25) is 0 Å². The number of amides is 1. The van der Waals surface area contributed by atoms with E-state index in [9.17, 15) is 15.0 Å². The molecule has 0 bridgehead atoms. The van der Waals surface area contributed by atoms with Crippen molar-refractivity contribution in [2.24, 2.45) is 0 Å². The molecule has 0 radical (unpaired) electrons. The van der Waals surface area contributed by atoms with Crippen LogP contribution in [-0.4, -0.2) is 21.1 Å². The predicted molar refractivity (Wildman–Crippen MR) is 87.6 cm³/mol. The number of aromatic nitrogens is 1. The molecule has 0 aliphatic heterocycles. The van der Waals surface area contributed by atoms with E-state index >= 15 is 0 Å². The Labute approximate surface area is 138 Å². The van der Waals surface area contributed by atoms with Gasteiger partial charge in [0.1, 0.15) is 17.8 Å². The molecule has 0 unspecified atom stereocenters. The van der Waals surface area contributed by atoms with Gasteiger partial charge in [-0.25, -0.2) is 4.98 Å². The second-order valence-corrected chi connectivity index (χ2v) is 5.38. The molecule has 24 heavy (non-hydrogen) atoms. The van der Waals surface area contributed by atoms with E-state index in [0.717, 1.165) is 5.56 Å². The summed E-state index contributed by atoms with van der Waals surface area (Å²) in [5, 5.41) is 21.8. The molecule has 3 N–H and O–H groups in total. The van der Waals surface area contributed by atoms with Gasteiger partial charge in [0.25, 0.3) is 5.91 Å². The van der Waals surface area contributed by atoms with Crippen LogP contribution in [-0.2, 0) is 0 Å². The lowest BCUT2D eigenvalue weighted by Gasteiger charge is -2.13. The number of carbonyl (C=O) groups is 1. The van der Waals surface area contributed by atoms with E-state index in [1.165, 1.54) is 18.4 Å².